The standard InChI is InChI=1S/C126H144N8/c1-29-85-93(37-9)115-111(116-94(38-10)86(30-2)104(128-116)70-108-90(34-6)98(42-14)120(132-108)113(79-63-81(123(17,18)19)67-82(64-79)124(20,21)22)119-97(41-13)89(33-5)107(131-119)69-103(85)127-115)77-57-51-73(52-58-77)49-55-75-61-62-76(102-48-46-45-47-101(75)102)56-50-74-53-59-78(60-54-74)112-117-95(39-11)87(31-3)105(129-117)71-109-91(35-7)99(43-15)121(133-109)114(80-65-83(125(23,24)25)68-84(66-80)126(26,27)28)122-100(44-16)92(36-8)110(134-122)72-106-88(32-4)96(40-12)118(112)130-106/h45-48,51-54,57-72,127,129,132,134H,29-44H2,1-28H3. The smallest absolute Gasteiger partial charge is 0.0771 e. The second-order valence-corrected chi connectivity index (χ2v) is 41.4. The number of nitrogens with zero attached hydrogens (tertiary/aromatic N) is 4. The number of benzene rings is 6. The summed E-state index contributed by atoms with van der Waals surface area (Å²) in [5, 5.41) is 2.13. The Kier molecular flexibility index (Phi) is 27.0. The molecule has 8 heteroatoms. The van der Waals surface area contributed by atoms with Gasteiger partial charge < -0.3 is 19.9 Å². The average molecular weight is 1770 g/mol. The molecule has 12 aromatic rings. The first-order valence-corrected chi connectivity index (χ1v) is 50.9. The van der Waals surface area contributed by atoms with E-state index in [0.29, 0.717) is 0 Å². The SMILES string of the molecule is CCC1=C(CC)c2nc1cc1[nH]c(c(CC)c1CC)c(-c1ccc(C#Cc3ccc(C#Cc4ccc(-c5c6nc(cc7[nH]c(c(CC)c7CC)c(-c7cc(C(C)(C)C)cc(C(C)(C)C)c7)c7nc(cc8[nH]c5c(CC)c8CC)C(CC)=C7CC)C(CC)=C6CC)cc4)c4ccccc34)cc1)c1nc(cc3[nH]c(c(CC)c3CC)c2-c2cc(C(C)(C)C)cc(C(C)(C)C)c2)C(CC)=C1CC. The highest BCUT2D eigenvalue weighted by molar-refractivity contribution is 6.08. The molecule has 0 radical (unpaired) electrons. The zero-order valence-corrected chi connectivity index (χ0v) is 86.0. The van der Waals surface area contributed by atoms with Crippen LogP contribution in [-0.4, -0.2) is 39.9 Å². The lowest BCUT2D eigenvalue weighted by Crippen LogP contribution is -2.16. The third-order valence-electron chi connectivity index (χ3n) is 29.4. The largest absolute Gasteiger partial charge is 0.354 e. The summed E-state index contributed by atoms with van der Waals surface area (Å²) in [6, 6.07) is 55.3. The van der Waals surface area contributed by atoms with Gasteiger partial charge in [-0.1, -0.05) is 302 Å². The molecular formula is C126H144N8. The number of fused-ring (bicyclic) bond motifs is 17. The third kappa shape index (κ3) is 17.2. The summed E-state index contributed by atoms with van der Waals surface area (Å²) in [5.74, 6) is 14.7. The van der Waals surface area contributed by atoms with Gasteiger partial charge >= 0.3 is 0 Å². The van der Waals surface area contributed by atoms with Crippen molar-refractivity contribution >= 4 is 99.5 Å². The molecule has 6 aromatic carbocycles. The van der Waals surface area contributed by atoms with Gasteiger partial charge in [-0.15, -0.1) is 0 Å². The highest BCUT2D eigenvalue weighted by atomic mass is 14.8. The van der Waals surface area contributed by atoms with Crippen LogP contribution in [0.25, 0.3) is 144 Å². The molecule has 10 heterocycles. The normalized spacial score (nSPS) is 13.3. The van der Waals surface area contributed by atoms with Crippen molar-refractivity contribution in [1.29, 1.82) is 0 Å². The molecule has 0 atom stereocenters. The molecule has 0 aliphatic carbocycles. The van der Waals surface area contributed by atoms with E-state index in [0.717, 1.165) is 237 Å². The molecule has 134 heavy (non-hydrogen) atoms. The Morgan fingerprint density at radius 2 is 0.448 bits per heavy atom. The molecule has 4 N–H and O–H groups in total. The van der Waals surface area contributed by atoms with E-state index in [1.54, 1.807) is 0 Å². The number of allylic oxidation sites excluding steroid dienone is 8. The highest BCUT2D eigenvalue weighted by Gasteiger charge is 2.34. The fourth-order valence-electron chi connectivity index (χ4n) is 22.2. The maximum atomic E-state index is 5.98. The Morgan fingerprint density at radius 3 is 0.657 bits per heavy atom. The molecule has 16 bridgehead atoms. The van der Waals surface area contributed by atoms with Crippen molar-refractivity contribution in [2.75, 3.05) is 0 Å². The summed E-state index contributed by atoms with van der Waals surface area (Å²) < 4.78 is 0. The van der Waals surface area contributed by atoms with E-state index in [2.05, 4.69) is 383 Å². The zero-order chi connectivity index (χ0) is 95.6. The summed E-state index contributed by atoms with van der Waals surface area (Å²) in [6.07, 6.45) is 13.7. The molecule has 0 saturated carbocycles. The number of hydrogen-bond donors (Lipinski definition) is 4. The highest BCUT2D eigenvalue weighted by Crippen LogP contribution is 2.51. The monoisotopic (exact) mass is 1770 g/mol. The molecule has 8 nitrogen and oxygen atoms in total. The third-order valence-corrected chi connectivity index (χ3v) is 29.4. The number of rotatable bonds is 20. The molecule has 16 rings (SSSR count). The van der Waals surface area contributed by atoms with E-state index in [4.69, 9.17) is 19.9 Å². The van der Waals surface area contributed by atoms with Crippen molar-refractivity contribution in [1.82, 2.24) is 39.9 Å². The van der Waals surface area contributed by atoms with Crippen LogP contribution in [0.1, 0.15) is 380 Å². The van der Waals surface area contributed by atoms with Crippen LogP contribution in [-0.2, 0) is 73.0 Å². The molecule has 6 aromatic heterocycles. The maximum Gasteiger partial charge on any atom is 0.0771 e. The van der Waals surface area contributed by atoms with Crippen LogP contribution in [0.5, 0.6) is 0 Å². The lowest BCUT2D eigenvalue weighted by molar-refractivity contribution is 0.568. The van der Waals surface area contributed by atoms with Gasteiger partial charge in [-0.3, -0.25) is 0 Å². The second-order valence-electron chi connectivity index (χ2n) is 41.4. The first-order valence-electron chi connectivity index (χ1n) is 50.9. The van der Waals surface area contributed by atoms with E-state index in [9.17, 15) is 0 Å². The summed E-state index contributed by atoms with van der Waals surface area (Å²) in [7, 11) is 0. The molecule has 0 fully saturated rings. The van der Waals surface area contributed by atoms with Crippen molar-refractivity contribution in [2.45, 2.75) is 318 Å². The number of aryl methyl sites for hydroxylation is 8. The Bertz CT molecular complexity index is 6860. The lowest BCUT2D eigenvalue weighted by Gasteiger charge is -2.26. The number of hydrogen-bond acceptors (Lipinski definition) is 4. The molecule has 0 spiro atoms. The van der Waals surface area contributed by atoms with Gasteiger partial charge in [0.1, 0.15) is 0 Å². The topological polar surface area (TPSA) is 115 Å². The van der Waals surface area contributed by atoms with Crippen LogP contribution in [0.15, 0.2) is 146 Å². The summed E-state index contributed by atoms with van der Waals surface area (Å²) in [4.78, 5) is 40.7. The van der Waals surface area contributed by atoms with Crippen LogP contribution >= 0.6 is 0 Å². The van der Waals surface area contributed by atoms with Crippen LogP contribution < -0.4 is 0 Å². The van der Waals surface area contributed by atoms with Gasteiger partial charge in [0.25, 0.3) is 0 Å². The van der Waals surface area contributed by atoms with Crippen LogP contribution in [0.3, 0.4) is 0 Å². The van der Waals surface area contributed by atoms with Gasteiger partial charge in [0.05, 0.1) is 67.6 Å². The van der Waals surface area contributed by atoms with Gasteiger partial charge in [-0.25, -0.2) is 19.9 Å². The summed E-state index contributed by atoms with van der Waals surface area (Å²) in [6.45, 7) is 65.3. The fraction of sp³-hybridized carbons (Fsp3) is 0.381. The maximum absolute atomic E-state index is 5.98. The molecule has 0 saturated heterocycles. The van der Waals surface area contributed by atoms with E-state index in [1.165, 1.54) is 145 Å². The number of nitrogens with one attached hydrogen (secondary N) is 4. The Hall–Kier alpha value is -12.1. The van der Waals surface area contributed by atoms with Gasteiger partial charge in [-0.05, 0) is 329 Å². The quantitative estimate of drug-likeness (QED) is 0.0569. The van der Waals surface area contributed by atoms with Gasteiger partial charge in [-0.2, -0.15) is 0 Å². The van der Waals surface area contributed by atoms with E-state index in [1.807, 2.05) is 0 Å². The Balaban J connectivity index is 0.811. The summed E-state index contributed by atoms with van der Waals surface area (Å²) in [5.41, 5.74) is 56.5. The lowest BCUT2D eigenvalue weighted by atomic mass is 9.78. The van der Waals surface area contributed by atoms with Crippen molar-refractivity contribution in [3.8, 4) is 68.2 Å². The Morgan fingerprint density at radius 1 is 0.224 bits per heavy atom. The van der Waals surface area contributed by atoms with Gasteiger partial charge in [0, 0.05) is 66.6 Å². The van der Waals surface area contributed by atoms with Crippen molar-refractivity contribution < 1.29 is 0 Å². The molecule has 4 aliphatic rings. The number of aromatic amines is 4. The van der Waals surface area contributed by atoms with E-state index in [-0.39, 0.29) is 21.7 Å². The minimum absolute atomic E-state index is 0.0840. The molecule has 0 amide bonds. The van der Waals surface area contributed by atoms with Crippen molar-refractivity contribution in [2.24, 2.45) is 0 Å². The molecule has 688 valence electrons. The predicted octanol–water partition coefficient (Wildman–Crippen LogP) is 34.2. The van der Waals surface area contributed by atoms with Crippen LogP contribution in [0.2, 0.25) is 0 Å². The first-order chi connectivity index (χ1) is 64.2. The minimum Gasteiger partial charge on any atom is -0.354 e. The predicted molar refractivity (Wildman–Crippen MR) is 579 cm³/mol. The first kappa shape index (κ1) is 95.1. The minimum atomic E-state index is -0.0840. The second kappa shape index (κ2) is 38.0. The van der Waals surface area contributed by atoms with Crippen molar-refractivity contribution in [3.63, 3.8) is 0 Å². The van der Waals surface area contributed by atoms with Gasteiger partial charge in [0.2, 0.25) is 0 Å². The average Bonchev–Trinajstić information content (AvgIpc) is 1.59. The van der Waals surface area contributed by atoms with Crippen molar-refractivity contribution in [3.05, 3.63) is 280 Å². The van der Waals surface area contributed by atoms with Gasteiger partial charge in [0.15, 0.2) is 0 Å². The van der Waals surface area contributed by atoms with E-state index >= 15 is 0 Å². The van der Waals surface area contributed by atoms with Crippen LogP contribution in [0, 0.1) is 23.7 Å². The van der Waals surface area contributed by atoms with E-state index < -0.39 is 0 Å². The number of aromatic nitrogens is 8. The molecular weight excluding hydrogens is 1630 g/mol. The zero-order valence-electron chi connectivity index (χ0n) is 86.0. The number of H-pyrrole nitrogens is 4. The fourth-order valence-corrected chi connectivity index (χ4v) is 22.2. The molecule has 4 aliphatic heterocycles. The Labute approximate surface area is 800 Å². The molecule has 0 unspecified atom stereocenters. The summed E-state index contributed by atoms with van der Waals surface area (Å²) >= 11 is 0. The van der Waals surface area contributed by atoms with Crippen LogP contribution in [0.4, 0.5) is 0 Å².